The first kappa shape index (κ1) is 15.6. The largest absolute Gasteiger partial charge is 0.354 e. The lowest BCUT2D eigenvalue weighted by atomic mass is 10.3. The maximum Gasteiger partial charge on any atom is 0.271 e. The third kappa shape index (κ3) is 4.96. The predicted molar refractivity (Wildman–Crippen MR) is 75.1 cm³/mol. The summed E-state index contributed by atoms with van der Waals surface area (Å²) in [5.41, 5.74) is 5.76. The fourth-order valence-electron chi connectivity index (χ4n) is 1.39. The highest BCUT2D eigenvalue weighted by Gasteiger charge is 2.17. The number of nitrogens with one attached hydrogen (secondary N) is 2. The molecule has 0 fully saturated rings. The molecule has 1 unspecified atom stereocenters. The van der Waals surface area contributed by atoms with Gasteiger partial charge in [0, 0.05) is 18.3 Å². The van der Waals surface area contributed by atoms with E-state index in [1.54, 1.807) is 12.3 Å². The Bertz CT molecular complexity index is 433. The molecule has 2 amide bonds. The molecule has 0 saturated heterocycles. The first-order valence-electron chi connectivity index (χ1n) is 6.31. The summed E-state index contributed by atoms with van der Waals surface area (Å²) < 4.78 is 0. The molecule has 1 rings (SSSR count). The molecule has 0 spiro atoms. The first-order chi connectivity index (χ1) is 9.08. The van der Waals surface area contributed by atoms with Crippen molar-refractivity contribution in [2.75, 3.05) is 13.1 Å². The van der Waals surface area contributed by atoms with Crippen molar-refractivity contribution in [1.82, 2.24) is 15.6 Å². The van der Waals surface area contributed by atoms with Gasteiger partial charge in [0.05, 0.1) is 5.01 Å². The van der Waals surface area contributed by atoms with E-state index in [-0.39, 0.29) is 11.8 Å². The van der Waals surface area contributed by atoms with E-state index in [9.17, 15) is 9.59 Å². The molecule has 1 atom stereocenters. The van der Waals surface area contributed by atoms with Crippen molar-refractivity contribution in [3.63, 3.8) is 0 Å². The summed E-state index contributed by atoms with van der Waals surface area (Å²) >= 11 is 1.40. The van der Waals surface area contributed by atoms with E-state index < -0.39 is 6.04 Å². The van der Waals surface area contributed by atoms with Gasteiger partial charge in [0.1, 0.15) is 11.7 Å². The van der Waals surface area contributed by atoms with Gasteiger partial charge in [-0.15, -0.1) is 11.3 Å². The summed E-state index contributed by atoms with van der Waals surface area (Å²) in [4.78, 5) is 27.7. The molecule has 1 aromatic rings. The van der Waals surface area contributed by atoms with E-state index >= 15 is 0 Å². The van der Waals surface area contributed by atoms with Crippen LogP contribution in [-0.4, -0.2) is 35.9 Å². The van der Waals surface area contributed by atoms with Crippen molar-refractivity contribution >= 4 is 23.2 Å². The van der Waals surface area contributed by atoms with Gasteiger partial charge >= 0.3 is 0 Å². The Morgan fingerprint density at radius 1 is 1.53 bits per heavy atom. The van der Waals surface area contributed by atoms with Crippen LogP contribution in [0, 0.1) is 0 Å². The molecular formula is C12H20N4O2S. The van der Waals surface area contributed by atoms with Gasteiger partial charge in [-0.2, -0.15) is 0 Å². The lowest BCUT2D eigenvalue weighted by Gasteiger charge is -2.12. The summed E-state index contributed by atoms with van der Waals surface area (Å²) in [6.07, 6.45) is 1.52. The Morgan fingerprint density at radius 3 is 2.89 bits per heavy atom. The van der Waals surface area contributed by atoms with Crippen LogP contribution in [0.15, 0.2) is 5.38 Å². The zero-order valence-corrected chi connectivity index (χ0v) is 12.0. The number of rotatable bonds is 7. The molecule has 4 N–H and O–H groups in total. The Labute approximate surface area is 116 Å². The van der Waals surface area contributed by atoms with Crippen LogP contribution in [0.5, 0.6) is 0 Å². The minimum atomic E-state index is -0.571. The molecule has 0 aromatic carbocycles. The maximum absolute atomic E-state index is 11.9. The average molecular weight is 284 g/mol. The fraction of sp³-hybridized carbons (Fsp3) is 0.583. The molecule has 0 aliphatic rings. The number of nitrogens with zero attached hydrogens (tertiary/aromatic N) is 1. The third-order valence-electron chi connectivity index (χ3n) is 2.43. The minimum Gasteiger partial charge on any atom is -0.354 e. The van der Waals surface area contributed by atoms with E-state index in [4.69, 9.17) is 5.73 Å². The fourth-order valence-corrected chi connectivity index (χ4v) is 2.19. The zero-order valence-electron chi connectivity index (χ0n) is 11.2. The van der Waals surface area contributed by atoms with Crippen LogP contribution in [0.2, 0.25) is 0 Å². The van der Waals surface area contributed by atoms with Gasteiger partial charge in [-0.3, -0.25) is 9.59 Å². The molecule has 7 heteroatoms. The molecule has 0 saturated carbocycles. The third-order valence-corrected chi connectivity index (χ3v) is 3.34. The lowest BCUT2D eigenvalue weighted by Crippen LogP contribution is -2.45. The highest BCUT2D eigenvalue weighted by molar-refractivity contribution is 7.09. The molecule has 0 bridgehead atoms. The molecule has 6 nitrogen and oxygen atoms in total. The highest BCUT2D eigenvalue weighted by Crippen LogP contribution is 2.10. The normalized spacial score (nSPS) is 11.9. The van der Waals surface area contributed by atoms with Gasteiger partial charge in [0.15, 0.2) is 0 Å². The number of carbonyl (C=O) groups is 2. The van der Waals surface area contributed by atoms with Crippen LogP contribution in [0.1, 0.15) is 35.8 Å². The van der Waals surface area contributed by atoms with E-state index in [0.29, 0.717) is 25.2 Å². The van der Waals surface area contributed by atoms with Gasteiger partial charge in [-0.1, -0.05) is 6.92 Å². The molecule has 106 valence electrons. The van der Waals surface area contributed by atoms with Crippen molar-refractivity contribution in [1.29, 1.82) is 0 Å². The van der Waals surface area contributed by atoms with Gasteiger partial charge in [0.25, 0.3) is 5.91 Å². The lowest BCUT2D eigenvalue weighted by molar-refractivity contribution is -0.122. The summed E-state index contributed by atoms with van der Waals surface area (Å²) in [7, 11) is 0. The zero-order chi connectivity index (χ0) is 14.3. The number of hydrogen-bond donors (Lipinski definition) is 3. The monoisotopic (exact) mass is 284 g/mol. The molecule has 0 radical (unpaired) electrons. The molecule has 1 heterocycles. The SMILES string of the molecule is CCCNC(=O)C(C)NC(=O)c1csc(CCN)n1. The van der Waals surface area contributed by atoms with Crippen LogP contribution < -0.4 is 16.4 Å². The Kier molecular flexibility index (Phi) is 6.44. The van der Waals surface area contributed by atoms with Gasteiger partial charge in [-0.25, -0.2) is 4.98 Å². The predicted octanol–water partition coefficient (Wildman–Crippen LogP) is 0.289. The number of amides is 2. The van der Waals surface area contributed by atoms with Crippen molar-refractivity contribution in [3.05, 3.63) is 16.1 Å². The van der Waals surface area contributed by atoms with Crippen LogP contribution in [-0.2, 0) is 11.2 Å². The van der Waals surface area contributed by atoms with Gasteiger partial charge in [0.2, 0.25) is 5.91 Å². The number of thiazole rings is 1. The van der Waals surface area contributed by atoms with Gasteiger partial charge in [-0.05, 0) is 19.9 Å². The Balaban J connectivity index is 2.51. The summed E-state index contributed by atoms with van der Waals surface area (Å²) in [5.74, 6) is -0.522. The molecule has 0 aliphatic heterocycles. The average Bonchev–Trinajstić information content (AvgIpc) is 2.85. The highest BCUT2D eigenvalue weighted by atomic mass is 32.1. The second-order valence-corrected chi connectivity index (χ2v) is 5.09. The Hall–Kier alpha value is -1.47. The molecule has 0 aliphatic carbocycles. The van der Waals surface area contributed by atoms with Crippen molar-refractivity contribution in [2.45, 2.75) is 32.7 Å². The van der Waals surface area contributed by atoms with Crippen molar-refractivity contribution in [2.24, 2.45) is 5.73 Å². The van der Waals surface area contributed by atoms with Crippen molar-refractivity contribution < 1.29 is 9.59 Å². The number of carbonyl (C=O) groups excluding carboxylic acids is 2. The second kappa shape index (κ2) is 7.85. The molecule has 1 aromatic heterocycles. The van der Waals surface area contributed by atoms with E-state index in [1.807, 2.05) is 6.92 Å². The van der Waals surface area contributed by atoms with Crippen LogP contribution >= 0.6 is 11.3 Å². The second-order valence-electron chi connectivity index (χ2n) is 4.15. The van der Waals surface area contributed by atoms with E-state index in [0.717, 1.165) is 11.4 Å². The van der Waals surface area contributed by atoms with E-state index in [1.165, 1.54) is 11.3 Å². The standard InChI is InChI=1S/C12H20N4O2S/c1-3-6-14-11(17)8(2)15-12(18)9-7-19-10(16-9)4-5-13/h7-8H,3-6,13H2,1-2H3,(H,14,17)(H,15,18). The Morgan fingerprint density at radius 2 is 2.26 bits per heavy atom. The van der Waals surface area contributed by atoms with Crippen molar-refractivity contribution in [3.8, 4) is 0 Å². The summed E-state index contributed by atoms with van der Waals surface area (Å²) in [6.45, 7) is 4.73. The van der Waals surface area contributed by atoms with Crippen LogP contribution in [0.3, 0.4) is 0 Å². The van der Waals surface area contributed by atoms with E-state index in [2.05, 4.69) is 15.6 Å². The topological polar surface area (TPSA) is 97.1 Å². The van der Waals surface area contributed by atoms with Crippen LogP contribution in [0.25, 0.3) is 0 Å². The number of nitrogens with two attached hydrogens (primary N) is 1. The van der Waals surface area contributed by atoms with Gasteiger partial charge < -0.3 is 16.4 Å². The first-order valence-corrected chi connectivity index (χ1v) is 7.19. The molecular weight excluding hydrogens is 264 g/mol. The smallest absolute Gasteiger partial charge is 0.271 e. The minimum absolute atomic E-state index is 0.187. The number of aromatic nitrogens is 1. The summed E-state index contributed by atoms with van der Waals surface area (Å²) in [5, 5.41) is 7.86. The maximum atomic E-state index is 11.9. The summed E-state index contributed by atoms with van der Waals surface area (Å²) in [6, 6.07) is -0.571. The number of hydrogen-bond acceptors (Lipinski definition) is 5. The molecule has 19 heavy (non-hydrogen) atoms. The van der Waals surface area contributed by atoms with Crippen LogP contribution in [0.4, 0.5) is 0 Å². The quantitative estimate of drug-likeness (QED) is 0.670.